The van der Waals surface area contributed by atoms with Gasteiger partial charge in [0, 0.05) is 19.5 Å². The first-order chi connectivity index (χ1) is 8.18. The van der Waals surface area contributed by atoms with Crippen molar-refractivity contribution in [1.29, 1.82) is 0 Å². The summed E-state index contributed by atoms with van der Waals surface area (Å²) in [6.45, 7) is 1.86. The maximum atomic E-state index is 11.9. The van der Waals surface area contributed by atoms with Crippen molar-refractivity contribution >= 4 is 10.0 Å². The highest BCUT2D eigenvalue weighted by Crippen LogP contribution is 2.10. The maximum Gasteiger partial charge on any atom is 0.215 e. The van der Waals surface area contributed by atoms with Crippen molar-refractivity contribution in [1.82, 2.24) is 10.0 Å². The van der Waals surface area contributed by atoms with Crippen LogP contribution in [0.5, 0.6) is 0 Å². The highest BCUT2D eigenvalue weighted by molar-refractivity contribution is 7.90. The van der Waals surface area contributed by atoms with Gasteiger partial charge in [-0.1, -0.05) is 0 Å². The van der Waals surface area contributed by atoms with E-state index in [4.69, 9.17) is 4.42 Å². The van der Waals surface area contributed by atoms with Gasteiger partial charge in [0.05, 0.1) is 11.5 Å². The molecule has 1 aromatic rings. The molecular formula is C11H18N2O3S. The Morgan fingerprint density at radius 1 is 1.53 bits per heavy atom. The smallest absolute Gasteiger partial charge is 0.215 e. The van der Waals surface area contributed by atoms with Crippen LogP contribution in [-0.4, -0.2) is 33.3 Å². The van der Waals surface area contributed by atoms with Crippen LogP contribution in [-0.2, 0) is 16.4 Å². The quantitative estimate of drug-likeness (QED) is 0.806. The third kappa shape index (κ3) is 3.55. The molecule has 0 saturated carbocycles. The van der Waals surface area contributed by atoms with Crippen molar-refractivity contribution in [2.24, 2.45) is 0 Å². The minimum Gasteiger partial charge on any atom is -0.469 e. The van der Waals surface area contributed by atoms with Gasteiger partial charge in [0.15, 0.2) is 0 Å². The molecule has 0 aliphatic carbocycles. The van der Waals surface area contributed by atoms with Crippen LogP contribution in [0.15, 0.2) is 22.8 Å². The Kier molecular flexibility index (Phi) is 4.20. The monoisotopic (exact) mass is 258 g/mol. The molecule has 5 nitrogen and oxygen atoms in total. The van der Waals surface area contributed by atoms with Crippen molar-refractivity contribution in [3.8, 4) is 0 Å². The molecule has 1 aliphatic heterocycles. The summed E-state index contributed by atoms with van der Waals surface area (Å²) in [6, 6.07) is 3.64. The molecule has 0 spiro atoms. The van der Waals surface area contributed by atoms with Crippen LogP contribution >= 0.6 is 0 Å². The molecule has 1 unspecified atom stereocenters. The minimum atomic E-state index is -3.19. The van der Waals surface area contributed by atoms with Crippen LogP contribution in [0.25, 0.3) is 0 Å². The van der Waals surface area contributed by atoms with Crippen LogP contribution in [0.3, 0.4) is 0 Å². The number of piperidine rings is 1. The van der Waals surface area contributed by atoms with Crippen LogP contribution < -0.4 is 10.0 Å². The summed E-state index contributed by atoms with van der Waals surface area (Å²) in [5, 5.41) is 2.81. The first-order valence-corrected chi connectivity index (χ1v) is 7.45. The van der Waals surface area contributed by atoms with E-state index in [-0.39, 0.29) is 5.25 Å². The number of hydrogen-bond acceptors (Lipinski definition) is 4. The van der Waals surface area contributed by atoms with E-state index < -0.39 is 10.0 Å². The van der Waals surface area contributed by atoms with Gasteiger partial charge in [-0.3, -0.25) is 0 Å². The fourth-order valence-corrected chi connectivity index (χ4v) is 3.41. The second-order valence-corrected chi connectivity index (χ2v) is 6.28. The van der Waals surface area contributed by atoms with E-state index in [0.717, 1.165) is 25.1 Å². The van der Waals surface area contributed by atoms with E-state index in [1.807, 2.05) is 6.07 Å². The normalized spacial score (nSPS) is 21.5. The van der Waals surface area contributed by atoms with E-state index in [2.05, 4.69) is 10.0 Å². The van der Waals surface area contributed by atoms with Crippen molar-refractivity contribution < 1.29 is 12.8 Å². The summed E-state index contributed by atoms with van der Waals surface area (Å²) in [5.41, 5.74) is 0. The third-order valence-corrected chi connectivity index (χ3v) is 4.83. The first-order valence-electron chi connectivity index (χ1n) is 5.90. The fraction of sp³-hybridized carbons (Fsp3) is 0.636. The van der Waals surface area contributed by atoms with E-state index in [1.165, 1.54) is 0 Å². The maximum absolute atomic E-state index is 11.9. The van der Waals surface area contributed by atoms with Crippen LogP contribution in [0.2, 0.25) is 0 Å². The number of sulfonamides is 1. The highest BCUT2D eigenvalue weighted by Gasteiger charge is 2.26. The Morgan fingerprint density at radius 2 is 2.41 bits per heavy atom. The Morgan fingerprint density at radius 3 is 3.06 bits per heavy atom. The van der Waals surface area contributed by atoms with Gasteiger partial charge in [0.2, 0.25) is 10.0 Å². The van der Waals surface area contributed by atoms with Crippen molar-refractivity contribution in [3.05, 3.63) is 24.2 Å². The van der Waals surface area contributed by atoms with Gasteiger partial charge < -0.3 is 9.73 Å². The van der Waals surface area contributed by atoms with Gasteiger partial charge in [-0.2, -0.15) is 0 Å². The number of hydrogen-bond donors (Lipinski definition) is 2. The second kappa shape index (κ2) is 5.66. The first kappa shape index (κ1) is 12.6. The summed E-state index contributed by atoms with van der Waals surface area (Å²) in [7, 11) is -3.19. The molecule has 1 aliphatic rings. The molecule has 0 bridgehead atoms. The van der Waals surface area contributed by atoms with E-state index >= 15 is 0 Å². The summed E-state index contributed by atoms with van der Waals surface area (Å²) >= 11 is 0. The Bertz CT molecular complexity index is 422. The molecule has 96 valence electrons. The number of rotatable bonds is 5. The summed E-state index contributed by atoms with van der Waals surface area (Å²) < 4.78 is 31.7. The predicted octanol–water partition coefficient (Wildman–Crippen LogP) is 0.493. The summed E-state index contributed by atoms with van der Waals surface area (Å²) in [5.74, 6) is 0.800. The van der Waals surface area contributed by atoms with Crippen LogP contribution in [0.1, 0.15) is 18.6 Å². The topological polar surface area (TPSA) is 71.3 Å². The predicted molar refractivity (Wildman–Crippen MR) is 65.2 cm³/mol. The zero-order valence-electron chi connectivity index (χ0n) is 9.69. The molecule has 2 heterocycles. The molecule has 1 fully saturated rings. The molecule has 17 heavy (non-hydrogen) atoms. The molecule has 0 radical (unpaired) electrons. The number of furan rings is 1. The van der Waals surface area contributed by atoms with Crippen LogP contribution in [0, 0.1) is 0 Å². The molecule has 6 heteroatoms. The van der Waals surface area contributed by atoms with E-state index in [9.17, 15) is 8.42 Å². The van der Waals surface area contributed by atoms with Gasteiger partial charge in [0.25, 0.3) is 0 Å². The third-order valence-electron chi connectivity index (χ3n) is 2.95. The Hall–Kier alpha value is -0.850. The molecule has 0 amide bonds. The van der Waals surface area contributed by atoms with Crippen molar-refractivity contribution in [3.63, 3.8) is 0 Å². The molecule has 0 aromatic carbocycles. The van der Waals surface area contributed by atoms with Gasteiger partial charge in [-0.05, 0) is 31.5 Å². The zero-order valence-corrected chi connectivity index (χ0v) is 10.5. The molecule has 1 atom stereocenters. The molecule has 1 saturated heterocycles. The van der Waals surface area contributed by atoms with E-state index in [1.54, 1.807) is 12.3 Å². The van der Waals surface area contributed by atoms with Crippen molar-refractivity contribution in [2.45, 2.75) is 24.5 Å². The highest BCUT2D eigenvalue weighted by atomic mass is 32.2. The van der Waals surface area contributed by atoms with Crippen LogP contribution in [0.4, 0.5) is 0 Å². The summed E-state index contributed by atoms with van der Waals surface area (Å²) in [6.07, 6.45) is 3.84. The fourth-order valence-electron chi connectivity index (χ4n) is 1.97. The van der Waals surface area contributed by atoms with Gasteiger partial charge in [-0.25, -0.2) is 13.1 Å². The molecule has 1 aromatic heterocycles. The average Bonchev–Trinajstić information content (AvgIpc) is 2.83. The zero-order chi connectivity index (χ0) is 12.1. The summed E-state index contributed by atoms with van der Waals surface area (Å²) in [4.78, 5) is 0. The average molecular weight is 258 g/mol. The molecule has 2 N–H and O–H groups in total. The number of nitrogens with one attached hydrogen (secondary N) is 2. The standard InChI is InChI=1S/C11H18N2O3S/c14-17(15,11-4-1-6-12-9-11)13-7-5-10-3-2-8-16-10/h2-3,8,11-13H,1,4-7,9H2. The SMILES string of the molecule is O=S(=O)(NCCc1ccco1)C1CCCNC1. The van der Waals surface area contributed by atoms with Gasteiger partial charge >= 0.3 is 0 Å². The van der Waals surface area contributed by atoms with E-state index in [0.29, 0.717) is 19.5 Å². The van der Waals surface area contributed by atoms with Crippen molar-refractivity contribution in [2.75, 3.05) is 19.6 Å². The molecule has 2 rings (SSSR count). The molecular weight excluding hydrogens is 240 g/mol. The Labute approximate surface area is 102 Å². The lowest BCUT2D eigenvalue weighted by molar-refractivity contribution is 0.485. The minimum absolute atomic E-state index is 0.298. The Balaban J connectivity index is 1.80. The lowest BCUT2D eigenvalue weighted by Crippen LogP contribution is -2.44. The van der Waals surface area contributed by atoms with Gasteiger partial charge in [-0.15, -0.1) is 0 Å². The second-order valence-electron chi connectivity index (χ2n) is 4.24. The van der Waals surface area contributed by atoms with Gasteiger partial charge in [0.1, 0.15) is 5.76 Å². The largest absolute Gasteiger partial charge is 0.469 e. The lowest BCUT2D eigenvalue weighted by Gasteiger charge is -2.22. The lowest BCUT2D eigenvalue weighted by atomic mass is 10.2.